The first-order valence-electron chi connectivity index (χ1n) is 5.72. The van der Waals surface area contributed by atoms with Gasteiger partial charge in [0.25, 0.3) is 5.91 Å². The van der Waals surface area contributed by atoms with Crippen molar-refractivity contribution in [2.75, 3.05) is 12.3 Å². The van der Waals surface area contributed by atoms with Gasteiger partial charge in [0.05, 0.1) is 0 Å². The van der Waals surface area contributed by atoms with Crippen LogP contribution in [0.15, 0.2) is 5.16 Å². The highest BCUT2D eigenvalue weighted by atomic mass is 32.1. The highest BCUT2D eigenvalue weighted by Gasteiger charge is 2.31. The van der Waals surface area contributed by atoms with Crippen molar-refractivity contribution in [1.29, 1.82) is 0 Å². The summed E-state index contributed by atoms with van der Waals surface area (Å²) in [5.74, 6) is -3.73. The van der Waals surface area contributed by atoms with Crippen molar-refractivity contribution in [3.8, 4) is 0 Å². The summed E-state index contributed by atoms with van der Waals surface area (Å²) in [6.45, 7) is 1.77. The Bertz CT molecular complexity index is 625. The Morgan fingerprint density at radius 3 is 2.50 bits per heavy atom. The number of nitrogens with zero attached hydrogens (tertiary/aromatic N) is 3. The summed E-state index contributed by atoms with van der Waals surface area (Å²) >= 11 is 0.782. The Balaban J connectivity index is 3.04. The maximum atomic E-state index is 11.9. The van der Waals surface area contributed by atoms with Crippen molar-refractivity contribution in [2.24, 2.45) is 5.16 Å². The monoisotopic (exact) mass is 331 g/mol. The number of carbonyl (C=O) groups excluding carboxylic acids is 1. The van der Waals surface area contributed by atoms with Gasteiger partial charge in [0.2, 0.25) is 17.1 Å². The number of amides is 1. The lowest BCUT2D eigenvalue weighted by Gasteiger charge is -2.16. The van der Waals surface area contributed by atoms with Crippen LogP contribution in [0.3, 0.4) is 0 Å². The number of rotatable bonds is 7. The number of carboxylic acid groups (broad SMARTS) is 2. The van der Waals surface area contributed by atoms with Crippen LogP contribution >= 0.6 is 11.5 Å². The van der Waals surface area contributed by atoms with E-state index in [2.05, 4.69) is 14.5 Å². The van der Waals surface area contributed by atoms with Gasteiger partial charge in [0.15, 0.2) is 5.13 Å². The van der Waals surface area contributed by atoms with Gasteiger partial charge < -0.3 is 26.1 Å². The lowest BCUT2D eigenvalue weighted by atomic mass is 10.1. The third-order valence-electron chi connectivity index (χ3n) is 2.15. The number of aromatic nitrogens is 2. The van der Waals surface area contributed by atoms with E-state index < -0.39 is 35.7 Å². The van der Waals surface area contributed by atoms with Crippen LogP contribution in [-0.4, -0.2) is 55.3 Å². The van der Waals surface area contributed by atoms with Gasteiger partial charge in [0.1, 0.15) is 6.54 Å². The molecule has 0 aliphatic carbocycles. The fraction of sp³-hybridized carbons (Fsp3) is 0.400. The van der Waals surface area contributed by atoms with Crippen LogP contribution in [0.5, 0.6) is 0 Å². The highest BCUT2D eigenvalue weighted by molar-refractivity contribution is 7.09. The quantitative estimate of drug-likeness (QED) is 0.357. The molecule has 12 heteroatoms. The first kappa shape index (κ1) is 17.3. The first-order valence-corrected chi connectivity index (χ1v) is 6.50. The van der Waals surface area contributed by atoms with Crippen molar-refractivity contribution in [3.63, 3.8) is 0 Å². The lowest BCUT2D eigenvalue weighted by molar-refractivity contribution is -0.161. The molecule has 0 spiro atoms. The van der Waals surface area contributed by atoms with Crippen molar-refractivity contribution < 1.29 is 29.4 Å². The van der Waals surface area contributed by atoms with Crippen LogP contribution in [0.1, 0.15) is 19.7 Å². The van der Waals surface area contributed by atoms with Crippen LogP contribution in [-0.2, 0) is 19.2 Å². The maximum Gasteiger partial charge on any atom is 0.350 e. The minimum atomic E-state index is -1.71. The van der Waals surface area contributed by atoms with E-state index in [4.69, 9.17) is 20.8 Å². The molecule has 0 saturated heterocycles. The lowest BCUT2D eigenvalue weighted by Crippen LogP contribution is -2.38. The van der Waals surface area contributed by atoms with Crippen molar-refractivity contribution in [1.82, 2.24) is 14.7 Å². The first-order chi connectivity index (χ1) is 10.1. The number of aliphatic carboxylic acids is 2. The van der Waals surface area contributed by atoms with E-state index in [0.717, 1.165) is 11.5 Å². The molecule has 0 fully saturated rings. The summed E-state index contributed by atoms with van der Waals surface area (Å²) < 4.78 is 3.75. The number of nitrogens with one attached hydrogen (secondary N) is 1. The molecular weight excluding hydrogens is 318 g/mol. The van der Waals surface area contributed by atoms with Crippen LogP contribution < -0.4 is 11.1 Å². The van der Waals surface area contributed by atoms with E-state index in [-0.39, 0.29) is 11.0 Å². The Morgan fingerprint density at radius 2 is 2.05 bits per heavy atom. The topological polar surface area (TPSA) is 177 Å². The number of carboxylic acids is 2. The largest absolute Gasteiger partial charge is 0.480 e. The fourth-order valence-electron chi connectivity index (χ4n) is 0.954. The molecule has 22 heavy (non-hydrogen) atoms. The molecule has 0 aliphatic heterocycles. The summed E-state index contributed by atoms with van der Waals surface area (Å²) in [4.78, 5) is 41.8. The summed E-state index contributed by atoms with van der Waals surface area (Å²) in [7, 11) is 0. The van der Waals surface area contributed by atoms with Gasteiger partial charge in [-0.3, -0.25) is 9.59 Å². The van der Waals surface area contributed by atoms with Gasteiger partial charge >= 0.3 is 11.9 Å². The van der Waals surface area contributed by atoms with E-state index in [0.29, 0.717) is 0 Å². The predicted octanol–water partition coefficient (Wildman–Crippen LogP) is -1.09. The summed E-state index contributed by atoms with van der Waals surface area (Å²) in [5, 5.41) is 23.0. The molecule has 1 amide bonds. The van der Waals surface area contributed by atoms with Crippen molar-refractivity contribution >= 4 is 40.2 Å². The fourth-order valence-corrected chi connectivity index (χ4v) is 1.39. The molecule has 120 valence electrons. The molecule has 0 unspecified atom stereocenters. The van der Waals surface area contributed by atoms with Crippen molar-refractivity contribution in [2.45, 2.75) is 19.4 Å². The molecule has 0 aliphatic rings. The van der Waals surface area contributed by atoms with Crippen LogP contribution in [0, 0.1) is 0 Å². The van der Waals surface area contributed by atoms with Gasteiger partial charge in [0, 0.05) is 11.5 Å². The molecular formula is C10H13N5O6S. The number of oxime groups is 1. The second-order valence-corrected chi connectivity index (χ2v) is 5.16. The molecule has 1 rings (SSSR count). The van der Waals surface area contributed by atoms with Gasteiger partial charge in [-0.25, -0.2) is 4.79 Å². The number of nitrogen functional groups attached to an aromatic ring is 1. The smallest absolute Gasteiger partial charge is 0.350 e. The number of carbonyl (C=O) groups is 3. The zero-order chi connectivity index (χ0) is 16.9. The molecule has 0 aromatic carbocycles. The second kappa shape index (κ2) is 6.80. The Kier molecular flexibility index (Phi) is 5.34. The van der Waals surface area contributed by atoms with Gasteiger partial charge in [-0.05, 0) is 13.8 Å². The molecule has 0 radical (unpaired) electrons. The molecule has 0 saturated carbocycles. The second-order valence-electron chi connectivity index (χ2n) is 4.38. The average molecular weight is 331 g/mol. The van der Waals surface area contributed by atoms with Gasteiger partial charge in [-0.2, -0.15) is 9.36 Å². The third kappa shape index (κ3) is 4.66. The van der Waals surface area contributed by atoms with Crippen molar-refractivity contribution in [3.05, 3.63) is 5.82 Å². The summed E-state index contributed by atoms with van der Waals surface area (Å²) in [6.07, 6.45) is 0. The highest BCUT2D eigenvalue weighted by Crippen LogP contribution is 2.12. The molecule has 1 heterocycles. The van der Waals surface area contributed by atoms with E-state index >= 15 is 0 Å². The number of anilines is 1. The summed E-state index contributed by atoms with van der Waals surface area (Å²) in [5.41, 5.74) is 3.21. The Hall–Kier alpha value is -2.76. The Labute approximate surface area is 127 Å². The molecule has 11 nitrogen and oxygen atoms in total. The number of nitrogens with two attached hydrogens (primary N) is 1. The van der Waals surface area contributed by atoms with E-state index in [1.807, 2.05) is 5.32 Å². The zero-order valence-electron chi connectivity index (χ0n) is 11.6. The van der Waals surface area contributed by atoms with E-state index in [1.165, 1.54) is 13.8 Å². The zero-order valence-corrected chi connectivity index (χ0v) is 12.4. The van der Waals surface area contributed by atoms with Crippen LogP contribution in [0.4, 0.5) is 5.13 Å². The molecule has 1 aromatic rings. The third-order valence-corrected chi connectivity index (χ3v) is 2.69. The average Bonchev–Trinajstić information content (AvgIpc) is 2.82. The van der Waals surface area contributed by atoms with Gasteiger partial charge in [-0.15, -0.1) is 0 Å². The van der Waals surface area contributed by atoms with E-state index in [1.54, 1.807) is 0 Å². The summed E-state index contributed by atoms with van der Waals surface area (Å²) in [6, 6.07) is 0. The minimum Gasteiger partial charge on any atom is -0.480 e. The number of hydrogen-bond acceptors (Lipinski definition) is 9. The standard InChI is InChI=1S/C10H13N5O6S/c1-10(2,8(19)20)21-14-5(6-13-9(11)22-15-6)7(18)12-3-4(16)17/h3H2,1-2H3,(H,12,18)(H,16,17)(H,19,20)(H2,11,13,15)/b14-5-. The predicted molar refractivity (Wildman–Crippen MR) is 74.3 cm³/mol. The van der Waals surface area contributed by atoms with Gasteiger partial charge in [-0.1, -0.05) is 5.16 Å². The molecule has 5 N–H and O–H groups in total. The minimum absolute atomic E-state index is 0.0474. The normalized spacial score (nSPS) is 11.8. The molecule has 0 atom stereocenters. The molecule has 1 aromatic heterocycles. The molecule has 0 bridgehead atoms. The number of hydrogen-bond donors (Lipinski definition) is 4. The maximum absolute atomic E-state index is 11.9. The van der Waals surface area contributed by atoms with E-state index in [9.17, 15) is 14.4 Å². The van der Waals surface area contributed by atoms with Crippen LogP contribution in [0.25, 0.3) is 0 Å². The van der Waals surface area contributed by atoms with Crippen LogP contribution in [0.2, 0.25) is 0 Å². The Morgan fingerprint density at radius 1 is 1.41 bits per heavy atom. The SMILES string of the molecule is CC(C)(O/N=C(\C(=O)NCC(=O)O)c1nsc(N)n1)C(=O)O.